The van der Waals surface area contributed by atoms with E-state index in [9.17, 15) is 13.2 Å². The van der Waals surface area contributed by atoms with Gasteiger partial charge in [-0.15, -0.1) is 11.6 Å². The molecule has 0 bridgehead atoms. The van der Waals surface area contributed by atoms with Gasteiger partial charge in [-0.25, -0.2) is 13.2 Å². The molecular weight excluding hydrogens is 296 g/mol. The SMILES string of the molecule is Fc1ccc(CC(Cl)c2ccc(Cl)c(F)c2)cc1F. The molecule has 0 aliphatic rings. The van der Waals surface area contributed by atoms with Crippen molar-refractivity contribution in [3.05, 3.63) is 70.0 Å². The minimum atomic E-state index is -0.927. The normalized spacial score (nSPS) is 12.5. The number of hydrogen-bond donors (Lipinski definition) is 0. The Morgan fingerprint density at radius 3 is 2.26 bits per heavy atom. The summed E-state index contributed by atoms with van der Waals surface area (Å²) < 4.78 is 39.1. The third-order valence-electron chi connectivity index (χ3n) is 2.70. The Labute approximate surface area is 118 Å². The van der Waals surface area contributed by atoms with E-state index in [1.165, 1.54) is 18.2 Å². The molecule has 2 aromatic carbocycles. The summed E-state index contributed by atoms with van der Waals surface area (Å²) in [6, 6.07) is 7.81. The molecule has 2 aromatic rings. The van der Waals surface area contributed by atoms with E-state index in [2.05, 4.69) is 0 Å². The van der Waals surface area contributed by atoms with Crippen molar-refractivity contribution in [1.29, 1.82) is 0 Å². The first-order valence-corrected chi connectivity index (χ1v) is 6.32. The molecule has 1 unspecified atom stereocenters. The van der Waals surface area contributed by atoms with E-state index in [-0.39, 0.29) is 11.4 Å². The molecule has 0 aliphatic carbocycles. The molecule has 0 aliphatic heterocycles. The quantitative estimate of drug-likeness (QED) is 0.677. The Balaban J connectivity index is 2.17. The molecule has 0 saturated heterocycles. The van der Waals surface area contributed by atoms with Crippen LogP contribution >= 0.6 is 23.2 Å². The van der Waals surface area contributed by atoms with Gasteiger partial charge in [0.2, 0.25) is 0 Å². The summed E-state index contributed by atoms with van der Waals surface area (Å²) >= 11 is 11.7. The van der Waals surface area contributed by atoms with Crippen molar-refractivity contribution in [2.45, 2.75) is 11.8 Å². The molecule has 0 heterocycles. The van der Waals surface area contributed by atoms with Crippen molar-refractivity contribution >= 4 is 23.2 Å². The Bertz CT molecular complexity index is 599. The lowest BCUT2D eigenvalue weighted by Gasteiger charge is -2.11. The van der Waals surface area contributed by atoms with E-state index in [1.807, 2.05) is 0 Å². The maximum Gasteiger partial charge on any atom is 0.159 e. The van der Waals surface area contributed by atoms with Crippen LogP contribution < -0.4 is 0 Å². The van der Waals surface area contributed by atoms with Gasteiger partial charge in [0.15, 0.2) is 11.6 Å². The zero-order valence-electron chi connectivity index (χ0n) is 9.64. The van der Waals surface area contributed by atoms with Crippen LogP contribution in [0, 0.1) is 17.5 Å². The van der Waals surface area contributed by atoms with Crippen LogP contribution in [0.25, 0.3) is 0 Å². The van der Waals surface area contributed by atoms with Crippen LogP contribution in [0.5, 0.6) is 0 Å². The van der Waals surface area contributed by atoms with Gasteiger partial charge in [-0.1, -0.05) is 23.7 Å². The van der Waals surface area contributed by atoms with Gasteiger partial charge >= 0.3 is 0 Å². The molecule has 2 rings (SSSR count). The summed E-state index contributed by atoms with van der Waals surface area (Å²) in [4.78, 5) is 0. The lowest BCUT2D eigenvalue weighted by Crippen LogP contribution is -1.98. The predicted octanol–water partition coefficient (Wildman–Crippen LogP) is 5.28. The fourth-order valence-corrected chi connectivity index (χ4v) is 2.13. The maximum atomic E-state index is 13.3. The van der Waals surface area contributed by atoms with Crippen molar-refractivity contribution in [3.63, 3.8) is 0 Å². The Morgan fingerprint density at radius 1 is 0.895 bits per heavy atom. The molecule has 0 amide bonds. The first kappa shape index (κ1) is 14.2. The lowest BCUT2D eigenvalue weighted by atomic mass is 10.0. The Hall–Kier alpha value is -1.19. The molecule has 5 heteroatoms. The van der Waals surface area contributed by atoms with Gasteiger partial charge in [0.25, 0.3) is 0 Å². The van der Waals surface area contributed by atoms with Crippen molar-refractivity contribution in [3.8, 4) is 0 Å². The van der Waals surface area contributed by atoms with E-state index in [4.69, 9.17) is 23.2 Å². The minimum Gasteiger partial charge on any atom is -0.205 e. The standard InChI is InChI=1S/C14H9Cl2F3/c15-10-3-2-9(7-13(10)18)11(16)5-8-1-4-12(17)14(19)6-8/h1-4,6-7,11H,5H2. The third kappa shape index (κ3) is 3.43. The summed E-state index contributed by atoms with van der Waals surface area (Å²) in [5.41, 5.74) is 1.07. The van der Waals surface area contributed by atoms with Gasteiger partial charge in [0, 0.05) is 0 Å². The molecule has 0 fully saturated rings. The second kappa shape index (κ2) is 5.85. The second-order valence-corrected chi connectivity index (χ2v) is 5.03. The Kier molecular flexibility index (Phi) is 4.38. The summed E-state index contributed by atoms with van der Waals surface area (Å²) in [6.07, 6.45) is 0.264. The number of halogens is 5. The fourth-order valence-electron chi connectivity index (χ4n) is 1.70. The van der Waals surface area contributed by atoms with E-state index < -0.39 is 22.8 Å². The molecular formula is C14H9Cl2F3. The van der Waals surface area contributed by atoms with Crippen molar-refractivity contribution in [2.24, 2.45) is 0 Å². The smallest absolute Gasteiger partial charge is 0.159 e. The Morgan fingerprint density at radius 2 is 1.63 bits per heavy atom. The number of rotatable bonds is 3. The summed E-state index contributed by atoms with van der Waals surface area (Å²) in [6.45, 7) is 0. The van der Waals surface area contributed by atoms with E-state index >= 15 is 0 Å². The monoisotopic (exact) mass is 304 g/mol. The maximum absolute atomic E-state index is 13.3. The third-order valence-corrected chi connectivity index (χ3v) is 3.42. The second-order valence-electron chi connectivity index (χ2n) is 4.09. The molecule has 19 heavy (non-hydrogen) atoms. The predicted molar refractivity (Wildman–Crippen MR) is 70.1 cm³/mol. The van der Waals surface area contributed by atoms with E-state index in [0.717, 1.165) is 12.1 Å². The highest BCUT2D eigenvalue weighted by Crippen LogP contribution is 2.28. The van der Waals surface area contributed by atoms with Gasteiger partial charge < -0.3 is 0 Å². The van der Waals surface area contributed by atoms with Gasteiger partial charge in [0.05, 0.1) is 10.4 Å². The van der Waals surface area contributed by atoms with Crippen LogP contribution in [0.15, 0.2) is 36.4 Å². The molecule has 100 valence electrons. The van der Waals surface area contributed by atoms with Crippen LogP contribution in [-0.4, -0.2) is 0 Å². The fraction of sp³-hybridized carbons (Fsp3) is 0.143. The molecule has 0 radical (unpaired) electrons. The van der Waals surface area contributed by atoms with Crippen LogP contribution in [0.3, 0.4) is 0 Å². The first-order valence-electron chi connectivity index (χ1n) is 5.50. The minimum absolute atomic E-state index is 0.0143. The average Bonchev–Trinajstić information content (AvgIpc) is 2.37. The van der Waals surface area contributed by atoms with Gasteiger partial charge in [-0.2, -0.15) is 0 Å². The highest BCUT2D eigenvalue weighted by atomic mass is 35.5. The highest BCUT2D eigenvalue weighted by Gasteiger charge is 2.12. The number of hydrogen-bond acceptors (Lipinski definition) is 0. The van der Waals surface area contributed by atoms with Crippen LogP contribution in [-0.2, 0) is 6.42 Å². The van der Waals surface area contributed by atoms with Gasteiger partial charge in [-0.05, 0) is 41.8 Å². The van der Waals surface area contributed by atoms with Crippen LogP contribution in [0.1, 0.15) is 16.5 Å². The van der Waals surface area contributed by atoms with Gasteiger partial charge in [0.1, 0.15) is 5.82 Å². The largest absolute Gasteiger partial charge is 0.205 e. The molecule has 1 atom stereocenters. The number of benzene rings is 2. The van der Waals surface area contributed by atoms with Crippen molar-refractivity contribution in [2.75, 3.05) is 0 Å². The average molecular weight is 305 g/mol. The lowest BCUT2D eigenvalue weighted by molar-refractivity contribution is 0.507. The molecule has 0 spiro atoms. The molecule has 0 N–H and O–H groups in total. The molecule has 0 nitrogen and oxygen atoms in total. The topological polar surface area (TPSA) is 0 Å². The van der Waals surface area contributed by atoms with Crippen LogP contribution in [0.4, 0.5) is 13.2 Å². The molecule has 0 aromatic heterocycles. The van der Waals surface area contributed by atoms with Gasteiger partial charge in [-0.3, -0.25) is 0 Å². The first-order chi connectivity index (χ1) is 8.97. The van der Waals surface area contributed by atoms with E-state index in [1.54, 1.807) is 6.07 Å². The van der Waals surface area contributed by atoms with Crippen molar-refractivity contribution in [1.82, 2.24) is 0 Å². The zero-order chi connectivity index (χ0) is 14.0. The summed E-state index contributed by atoms with van der Waals surface area (Å²) in [5.74, 6) is -2.40. The van der Waals surface area contributed by atoms with E-state index in [0.29, 0.717) is 11.1 Å². The summed E-state index contributed by atoms with van der Waals surface area (Å²) in [7, 11) is 0. The number of alkyl halides is 1. The summed E-state index contributed by atoms with van der Waals surface area (Å²) in [5, 5.41) is -0.530. The molecule has 0 saturated carbocycles. The highest BCUT2D eigenvalue weighted by molar-refractivity contribution is 6.30. The van der Waals surface area contributed by atoms with Crippen LogP contribution in [0.2, 0.25) is 5.02 Å². The van der Waals surface area contributed by atoms with Crippen molar-refractivity contribution < 1.29 is 13.2 Å². The zero-order valence-corrected chi connectivity index (χ0v) is 11.2.